The molecule has 41 heavy (non-hydrogen) atoms. The van der Waals surface area contributed by atoms with E-state index >= 15 is 0 Å². The quantitative estimate of drug-likeness (QED) is 0.0680. The predicted molar refractivity (Wildman–Crippen MR) is 154 cm³/mol. The van der Waals surface area contributed by atoms with Crippen LogP contribution < -0.4 is 33.2 Å². The zero-order chi connectivity index (χ0) is 30.7. The van der Waals surface area contributed by atoms with Crippen LogP contribution in [0.25, 0.3) is 10.9 Å². The number of aromatic nitrogens is 1. The molecule has 1 heterocycles. The van der Waals surface area contributed by atoms with Crippen molar-refractivity contribution in [2.24, 2.45) is 28.1 Å². The Kier molecular flexibility index (Phi) is 12.5. The summed E-state index contributed by atoms with van der Waals surface area (Å²) in [6.45, 7) is 5.10. The summed E-state index contributed by atoms with van der Waals surface area (Å²) >= 11 is 0. The highest BCUT2D eigenvalue weighted by Gasteiger charge is 2.33. The summed E-state index contributed by atoms with van der Waals surface area (Å²) in [5.41, 5.74) is 18.0. The Hall–Kier alpha value is -4.17. The van der Waals surface area contributed by atoms with Crippen LogP contribution in [0.5, 0.6) is 0 Å². The highest BCUT2D eigenvalue weighted by molar-refractivity contribution is 5.94. The van der Waals surface area contributed by atoms with E-state index < -0.39 is 54.0 Å². The lowest BCUT2D eigenvalue weighted by Crippen LogP contribution is -2.59. The minimum absolute atomic E-state index is 0.00252. The Morgan fingerprint density at radius 3 is 2.27 bits per heavy atom. The van der Waals surface area contributed by atoms with Crippen molar-refractivity contribution in [3.05, 3.63) is 36.0 Å². The minimum Gasteiger partial charge on any atom is -0.480 e. The molecular weight excluding hydrogens is 532 g/mol. The number of fused-ring (bicyclic) bond motifs is 1. The molecule has 0 saturated heterocycles. The number of aromatic amines is 1. The van der Waals surface area contributed by atoms with E-state index in [-0.39, 0.29) is 31.3 Å². The number of carbonyl (C=O) groups excluding carboxylic acids is 3. The summed E-state index contributed by atoms with van der Waals surface area (Å²) in [6, 6.07) is 2.62. The normalized spacial score (nSPS) is 15.5. The number of nitrogens with zero attached hydrogens (tertiary/aromatic N) is 1. The van der Waals surface area contributed by atoms with Gasteiger partial charge in [0.1, 0.15) is 24.2 Å². The van der Waals surface area contributed by atoms with Crippen molar-refractivity contribution in [1.29, 1.82) is 0 Å². The topological polar surface area (TPSA) is 251 Å². The number of aliphatic hydroxyl groups excluding tert-OH is 1. The number of para-hydroxylation sites is 1. The molecule has 0 aliphatic rings. The first-order chi connectivity index (χ1) is 19.3. The lowest BCUT2D eigenvalue weighted by molar-refractivity contribution is -0.142. The fourth-order valence-electron chi connectivity index (χ4n) is 4.20. The van der Waals surface area contributed by atoms with E-state index in [0.717, 1.165) is 10.9 Å². The molecule has 3 amide bonds. The van der Waals surface area contributed by atoms with Gasteiger partial charge in [-0.3, -0.25) is 19.4 Å². The fourth-order valence-corrected chi connectivity index (χ4v) is 4.20. The smallest absolute Gasteiger partial charge is 0.326 e. The van der Waals surface area contributed by atoms with Gasteiger partial charge in [0, 0.05) is 30.1 Å². The van der Waals surface area contributed by atoms with Crippen molar-refractivity contribution in [2.45, 2.75) is 76.7 Å². The monoisotopic (exact) mass is 574 g/mol. The Bertz CT molecular complexity index is 1230. The number of nitrogens with one attached hydrogen (secondary N) is 4. The Morgan fingerprint density at radius 2 is 1.66 bits per heavy atom. The van der Waals surface area contributed by atoms with Crippen molar-refractivity contribution >= 4 is 40.6 Å². The number of hydrogen-bond acceptors (Lipinski definition) is 7. The maximum atomic E-state index is 13.4. The lowest BCUT2D eigenvalue weighted by atomic mass is 9.96. The molecule has 14 nitrogen and oxygen atoms in total. The average Bonchev–Trinajstić information content (AvgIpc) is 3.34. The highest BCUT2D eigenvalue weighted by atomic mass is 16.4. The number of H-pyrrole nitrogens is 1. The van der Waals surface area contributed by atoms with Crippen molar-refractivity contribution in [2.75, 3.05) is 6.54 Å². The number of carbonyl (C=O) groups is 4. The lowest BCUT2D eigenvalue weighted by Gasteiger charge is -2.28. The van der Waals surface area contributed by atoms with Gasteiger partial charge in [-0.1, -0.05) is 38.5 Å². The van der Waals surface area contributed by atoms with E-state index in [1.54, 1.807) is 13.1 Å². The Balaban J connectivity index is 2.24. The molecule has 0 spiro atoms. The molecule has 14 heteroatoms. The van der Waals surface area contributed by atoms with Crippen LogP contribution in [0.4, 0.5) is 0 Å². The van der Waals surface area contributed by atoms with Gasteiger partial charge in [-0.2, -0.15) is 0 Å². The molecule has 2 rings (SSSR count). The molecule has 12 N–H and O–H groups in total. The zero-order valence-corrected chi connectivity index (χ0v) is 23.6. The molecule has 0 radical (unpaired) electrons. The second-order valence-electron chi connectivity index (χ2n) is 10.1. The van der Waals surface area contributed by atoms with Crippen molar-refractivity contribution in [1.82, 2.24) is 20.9 Å². The molecular formula is C27H42N8O6. The third-order valence-electron chi connectivity index (χ3n) is 6.91. The van der Waals surface area contributed by atoms with Gasteiger partial charge in [0.05, 0.1) is 6.10 Å². The number of amides is 3. The first-order valence-electron chi connectivity index (χ1n) is 13.5. The van der Waals surface area contributed by atoms with Crippen molar-refractivity contribution in [3.8, 4) is 0 Å². The second-order valence-corrected chi connectivity index (χ2v) is 10.1. The van der Waals surface area contributed by atoms with Crippen LogP contribution in [0.1, 0.15) is 45.6 Å². The molecule has 0 fully saturated rings. The summed E-state index contributed by atoms with van der Waals surface area (Å²) in [6.07, 6.45) is 1.44. The SMILES string of the molecule is CCC(C)C(NC(=O)C(N)C(C)O)C(=O)NC(CCCN=C(N)N)C(=O)NC(Cc1c[nH]c2ccccc12)C(=O)O. The van der Waals surface area contributed by atoms with Crippen molar-refractivity contribution in [3.63, 3.8) is 0 Å². The van der Waals surface area contributed by atoms with Gasteiger partial charge in [0.15, 0.2) is 5.96 Å². The second kappa shape index (κ2) is 15.6. The fraction of sp³-hybridized carbons (Fsp3) is 0.519. The van der Waals surface area contributed by atoms with Crippen LogP contribution in [0.15, 0.2) is 35.5 Å². The summed E-state index contributed by atoms with van der Waals surface area (Å²) in [4.78, 5) is 58.3. The Morgan fingerprint density at radius 1 is 1.00 bits per heavy atom. The van der Waals surface area contributed by atoms with Crippen molar-refractivity contribution < 1.29 is 29.4 Å². The molecule has 0 bridgehead atoms. The van der Waals surface area contributed by atoms with Gasteiger partial charge in [-0.05, 0) is 37.3 Å². The first kappa shape index (κ1) is 33.0. The van der Waals surface area contributed by atoms with E-state index in [0.29, 0.717) is 18.4 Å². The number of carboxylic acids is 1. The number of carboxylic acid groups (broad SMARTS) is 1. The third kappa shape index (κ3) is 9.76. The van der Waals surface area contributed by atoms with E-state index in [4.69, 9.17) is 17.2 Å². The predicted octanol–water partition coefficient (Wildman–Crippen LogP) is -0.943. The van der Waals surface area contributed by atoms with Crippen LogP contribution in [0, 0.1) is 5.92 Å². The molecule has 2 aromatic rings. The Labute approximate surface area is 238 Å². The number of nitrogens with two attached hydrogens (primary N) is 3. The highest BCUT2D eigenvalue weighted by Crippen LogP contribution is 2.19. The summed E-state index contributed by atoms with van der Waals surface area (Å²) in [5.74, 6) is -3.82. The maximum absolute atomic E-state index is 13.4. The molecule has 0 aliphatic heterocycles. The van der Waals surface area contributed by atoms with E-state index in [1.807, 2.05) is 31.2 Å². The number of aliphatic hydroxyl groups is 1. The van der Waals surface area contributed by atoms with Crippen LogP contribution in [0.3, 0.4) is 0 Å². The number of benzene rings is 1. The van der Waals surface area contributed by atoms with Crippen LogP contribution in [-0.2, 0) is 25.6 Å². The zero-order valence-electron chi connectivity index (χ0n) is 23.6. The summed E-state index contributed by atoms with van der Waals surface area (Å²) in [5, 5.41) is 28.1. The van der Waals surface area contributed by atoms with Crippen LogP contribution >= 0.6 is 0 Å². The molecule has 0 saturated carbocycles. The number of aliphatic imine (C=N–C) groups is 1. The number of aliphatic carboxylic acids is 1. The average molecular weight is 575 g/mol. The van der Waals surface area contributed by atoms with Gasteiger partial charge >= 0.3 is 5.97 Å². The largest absolute Gasteiger partial charge is 0.480 e. The van der Waals surface area contributed by atoms with Gasteiger partial charge in [0.25, 0.3) is 0 Å². The maximum Gasteiger partial charge on any atom is 0.326 e. The van der Waals surface area contributed by atoms with E-state index in [9.17, 15) is 29.4 Å². The first-order valence-corrected chi connectivity index (χ1v) is 13.5. The number of hydrogen-bond donors (Lipinski definition) is 9. The van der Waals surface area contributed by atoms with Gasteiger partial charge < -0.3 is 48.3 Å². The van der Waals surface area contributed by atoms with E-state index in [2.05, 4.69) is 25.9 Å². The molecule has 1 aromatic heterocycles. The number of rotatable bonds is 16. The van der Waals surface area contributed by atoms with Crippen LogP contribution in [0.2, 0.25) is 0 Å². The van der Waals surface area contributed by atoms with Gasteiger partial charge in [0.2, 0.25) is 17.7 Å². The van der Waals surface area contributed by atoms with Gasteiger partial charge in [-0.15, -0.1) is 0 Å². The summed E-state index contributed by atoms with van der Waals surface area (Å²) < 4.78 is 0. The van der Waals surface area contributed by atoms with E-state index in [1.165, 1.54) is 6.92 Å². The molecule has 0 aliphatic carbocycles. The molecule has 226 valence electrons. The third-order valence-corrected chi connectivity index (χ3v) is 6.91. The minimum atomic E-state index is -1.28. The standard InChI is InChI=1S/C27H42N8O6/c1-4-14(2)22(35-24(38)21(28)15(3)36)25(39)33-19(10-7-11-31-27(29)30)23(37)34-20(26(40)41)12-16-13-32-18-9-6-5-8-17(16)18/h5-6,8-9,13-15,19-22,32,36H,4,7,10-12,28H2,1-3H3,(H,33,39)(H,34,37)(H,35,38)(H,40,41)(H4,29,30,31). The summed E-state index contributed by atoms with van der Waals surface area (Å²) in [7, 11) is 0. The molecule has 1 aromatic carbocycles. The number of guanidine groups is 1. The molecule has 6 unspecified atom stereocenters. The van der Waals surface area contributed by atoms with Gasteiger partial charge in [-0.25, -0.2) is 4.79 Å². The molecule has 6 atom stereocenters. The van der Waals surface area contributed by atoms with Crippen LogP contribution in [-0.4, -0.2) is 81.7 Å².